The molecule has 0 radical (unpaired) electrons. The van der Waals surface area contributed by atoms with Crippen LogP contribution in [0.1, 0.15) is 5.56 Å². The molecule has 7 nitrogen and oxygen atoms in total. The molecule has 0 aliphatic rings. The smallest absolute Gasteiger partial charge is 0.272 e. The molecule has 0 aliphatic heterocycles. The number of nitrogen functional groups attached to an aromatic ring is 1. The minimum Gasteiger partial charge on any atom is -0.486 e. The predicted octanol–water partition coefficient (Wildman–Crippen LogP) is 3.16. The fourth-order valence-corrected chi connectivity index (χ4v) is 2.21. The molecule has 9 heteroatoms. The van der Waals surface area contributed by atoms with E-state index in [4.69, 9.17) is 33.8 Å². The largest absolute Gasteiger partial charge is 0.486 e. The van der Waals surface area contributed by atoms with E-state index >= 15 is 0 Å². The van der Waals surface area contributed by atoms with Crippen molar-refractivity contribution in [3.05, 3.63) is 56.2 Å². The van der Waals surface area contributed by atoms with Gasteiger partial charge in [0.25, 0.3) is 5.69 Å². The van der Waals surface area contributed by atoms with Crippen LogP contribution in [0.15, 0.2) is 30.5 Å². The molecule has 21 heavy (non-hydrogen) atoms. The number of anilines is 1. The van der Waals surface area contributed by atoms with Gasteiger partial charge in [0, 0.05) is 23.9 Å². The molecule has 0 saturated heterocycles. The molecule has 0 fully saturated rings. The van der Waals surface area contributed by atoms with Gasteiger partial charge in [-0.15, -0.1) is 0 Å². The standard InChI is InChI=1S/C12H10Cl2N4O3/c13-9-4-8(18(19)20)5-10(14)11(9)21-6-7-2-1-3-16-12(7)17-15/h1-5H,6,15H2,(H,16,17). The third-order valence-electron chi connectivity index (χ3n) is 2.59. The van der Waals surface area contributed by atoms with Gasteiger partial charge in [0.05, 0.1) is 15.0 Å². The van der Waals surface area contributed by atoms with Crippen molar-refractivity contribution in [2.75, 3.05) is 5.43 Å². The quantitative estimate of drug-likeness (QED) is 0.496. The lowest BCUT2D eigenvalue weighted by Crippen LogP contribution is -2.12. The number of pyridine rings is 1. The summed E-state index contributed by atoms with van der Waals surface area (Å²) in [6.07, 6.45) is 1.57. The van der Waals surface area contributed by atoms with Crippen LogP contribution in [0.4, 0.5) is 11.5 Å². The number of aromatic nitrogens is 1. The molecule has 110 valence electrons. The summed E-state index contributed by atoms with van der Waals surface area (Å²) in [6.45, 7) is 0.102. The highest BCUT2D eigenvalue weighted by Crippen LogP contribution is 2.37. The van der Waals surface area contributed by atoms with Gasteiger partial charge in [-0.05, 0) is 6.07 Å². The molecule has 0 atom stereocenters. The summed E-state index contributed by atoms with van der Waals surface area (Å²) in [5.74, 6) is 5.95. The van der Waals surface area contributed by atoms with Crippen LogP contribution < -0.4 is 16.0 Å². The molecule has 1 heterocycles. The molecule has 2 rings (SSSR count). The van der Waals surface area contributed by atoms with Gasteiger partial charge in [0.1, 0.15) is 12.4 Å². The number of hydrogen-bond donors (Lipinski definition) is 2. The fourth-order valence-electron chi connectivity index (χ4n) is 1.62. The summed E-state index contributed by atoms with van der Waals surface area (Å²) in [5, 5.41) is 10.8. The second-order valence-corrected chi connectivity index (χ2v) is 4.75. The third kappa shape index (κ3) is 3.52. The predicted molar refractivity (Wildman–Crippen MR) is 79.5 cm³/mol. The Labute approximate surface area is 129 Å². The van der Waals surface area contributed by atoms with E-state index in [1.165, 1.54) is 12.1 Å². The van der Waals surface area contributed by atoms with Crippen LogP contribution in [0.2, 0.25) is 10.0 Å². The van der Waals surface area contributed by atoms with Crippen LogP contribution in [-0.2, 0) is 6.61 Å². The average molecular weight is 329 g/mol. The van der Waals surface area contributed by atoms with E-state index in [9.17, 15) is 10.1 Å². The van der Waals surface area contributed by atoms with Gasteiger partial charge in [0.15, 0.2) is 5.75 Å². The molecule has 1 aromatic carbocycles. The van der Waals surface area contributed by atoms with Crippen molar-refractivity contribution < 1.29 is 9.66 Å². The zero-order valence-corrected chi connectivity index (χ0v) is 12.1. The molecule has 2 aromatic rings. The number of nitro benzene ring substituents is 1. The number of hydrogen-bond acceptors (Lipinski definition) is 6. The first-order valence-corrected chi connectivity index (χ1v) is 6.45. The number of hydrazine groups is 1. The minimum absolute atomic E-state index is 0.0559. The van der Waals surface area contributed by atoms with Crippen LogP contribution in [0.25, 0.3) is 0 Å². The second-order valence-electron chi connectivity index (χ2n) is 3.94. The molecule has 0 bridgehead atoms. The maximum Gasteiger partial charge on any atom is 0.272 e. The molecule has 0 spiro atoms. The number of benzene rings is 1. The van der Waals surface area contributed by atoms with Gasteiger partial charge in [0.2, 0.25) is 0 Å². The van der Waals surface area contributed by atoms with E-state index in [1.807, 2.05) is 0 Å². The normalized spacial score (nSPS) is 10.2. The molecular formula is C12H10Cl2N4O3. The van der Waals surface area contributed by atoms with Crippen LogP contribution >= 0.6 is 23.2 Å². The Kier molecular flexibility index (Phi) is 4.79. The van der Waals surface area contributed by atoms with Crippen LogP contribution in [0, 0.1) is 10.1 Å². The highest BCUT2D eigenvalue weighted by molar-refractivity contribution is 6.37. The fraction of sp³-hybridized carbons (Fsp3) is 0.0833. The van der Waals surface area contributed by atoms with Crippen LogP contribution in [-0.4, -0.2) is 9.91 Å². The zero-order chi connectivity index (χ0) is 15.4. The maximum atomic E-state index is 10.7. The van der Waals surface area contributed by atoms with E-state index < -0.39 is 4.92 Å². The van der Waals surface area contributed by atoms with E-state index in [2.05, 4.69) is 10.4 Å². The summed E-state index contributed by atoms with van der Waals surface area (Å²) in [4.78, 5) is 14.1. The van der Waals surface area contributed by atoms with Gasteiger partial charge in [-0.1, -0.05) is 29.3 Å². The highest BCUT2D eigenvalue weighted by atomic mass is 35.5. The summed E-state index contributed by atoms with van der Waals surface area (Å²) in [6, 6.07) is 5.83. The van der Waals surface area contributed by atoms with Crippen molar-refractivity contribution in [2.45, 2.75) is 6.61 Å². The lowest BCUT2D eigenvalue weighted by molar-refractivity contribution is -0.384. The van der Waals surface area contributed by atoms with Gasteiger partial charge < -0.3 is 10.2 Å². The number of halogens is 2. The summed E-state index contributed by atoms with van der Waals surface area (Å²) >= 11 is 11.9. The van der Waals surface area contributed by atoms with Gasteiger partial charge >= 0.3 is 0 Å². The molecule has 0 unspecified atom stereocenters. The second kappa shape index (κ2) is 6.57. The number of non-ortho nitro benzene ring substituents is 1. The van der Waals surface area contributed by atoms with Crippen LogP contribution in [0.5, 0.6) is 5.75 Å². The Bertz CT molecular complexity index is 658. The van der Waals surface area contributed by atoms with Crippen LogP contribution in [0.3, 0.4) is 0 Å². The molecule has 1 aromatic heterocycles. The minimum atomic E-state index is -0.584. The van der Waals surface area contributed by atoms with Crippen molar-refractivity contribution in [1.29, 1.82) is 0 Å². The average Bonchev–Trinajstić information content (AvgIpc) is 2.46. The van der Waals surface area contributed by atoms with Crippen molar-refractivity contribution in [1.82, 2.24) is 4.98 Å². The highest BCUT2D eigenvalue weighted by Gasteiger charge is 2.16. The number of rotatable bonds is 5. The SMILES string of the molecule is NNc1ncccc1COc1c(Cl)cc([N+](=O)[O-])cc1Cl. The summed E-state index contributed by atoms with van der Waals surface area (Å²) in [7, 11) is 0. The topological polar surface area (TPSA) is 103 Å². The van der Waals surface area contributed by atoms with Crippen molar-refractivity contribution in [3.63, 3.8) is 0 Å². The first-order valence-electron chi connectivity index (χ1n) is 5.69. The molecule has 0 amide bonds. The zero-order valence-electron chi connectivity index (χ0n) is 10.5. The Morgan fingerprint density at radius 2 is 2.05 bits per heavy atom. The lowest BCUT2D eigenvalue weighted by atomic mass is 10.2. The maximum absolute atomic E-state index is 10.7. The molecular weight excluding hydrogens is 319 g/mol. The van der Waals surface area contributed by atoms with Gasteiger partial charge in [-0.2, -0.15) is 0 Å². The lowest BCUT2D eigenvalue weighted by Gasteiger charge is -2.11. The van der Waals surface area contributed by atoms with Gasteiger partial charge in [-0.25, -0.2) is 10.8 Å². The molecule has 3 N–H and O–H groups in total. The van der Waals surface area contributed by atoms with Crippen molar-refractivity contribution in [2.24, 2.45) is 5.84 Å². The monoisotopic (exact) mass is 328 g/mol. The Morgan fingerprint density at radius 1 is 1.38 bits per heavy atom. The van der Waals surface area contributed by atoms with Gasteiger partial charge in [-0.3, -0.25) is 10.1 Å². The van der Waals surface area contributed by atoms with E-state index in [0.717, 1.165) is 0 Å². The number of ether oxygens (including phenoxy) is 1. The number of nitrogens with zero attached hydrogens (tertiary/aromatic N) is 2. The summed E-state index contributed by atoms with van der Waals surface area (Å²) in [5.41, 5.74) is 2.92. The number of nitrogens with one attached hydrogen (secondary N) is 1. The number of nitrogens with two attached hydrogens (primary N) is 1. The Balaban J connectivity index is 2.22. The molecule has 0 aliphatic carbocycles. The molecule has 0 saturated carbocycles. The Hall–Kier alpha value is -2.09. The Morgan fingerprint density at radius 3 is 2.62 bits per heavy atom. The first kappa shape index (κ1) is 15.3. The van der Waals surface area contributed by atoms with E-state index in [1.54, 1.807) is 18.3 Å². The van der Waals surface area contributed by atoms with Crippen molar-refractivity contribution in [3.8, 4) is 5.75 Å². The number of nitro groups is 1. The van der Waals surface area contributed by atoms with E-state index in [0.29, 0.717) is 11.4 Å². The third-order valence-corrected chi connectivity index (χ3v) is 3.16. The first-order chi connectivity index (χ1) is 10.0. The van der Waals surface area contributed by atoms with Crippen molar-refractivity contribution >= 4 is 34.7 Å². The van der Waals surface area contributed by atoms with E-state index in [-0.39, 0.29) is 28.1 Å². The summed E-state index contributed by atoms with van der Waals surface area (Å²) < 4.78 is 5.51.